The van der Waals surface area contributed by atoms with Gasteiger partial charge in [0.2, 0.25) is 5.78 Å². The van der Waals surface area contributed by atoms with Crippen LogP contribution in [0.25, 0.3) is 0 Å². The average molecular weight is 394 g/mol. The first-order chi connectivity index (χ1) is 12.7. The average Bonchev–Trinajstić information content (AvgIpc) is 3.19. The molecule has 9 nitrogen and oxygen atoms in total. The van der Waals surface area contributed by atoms with Crippen LogP contribution in [0.1, 0.15) is 55.6 Å². The molecule has 2 aromatic heterocycles. The zero-order valence-corrected chi connectivity index (χ0v) is 16.0. The van der Waals surface area contributed by atoms with E-state index in [2.05, 4.69) is 4.98 Å². The summed E-state index contributed by atoms with van der Waals surface area (Å²) in [6.45, 7) is 6.50. The van der Waals surface area contributed by atoms with Crippen molar-refractivity contribution in [1.29, 1.82) is 0 Å². The highest BCUT2D eigenvalue weighted by Gasteiger charge is 2.28. The molecule has 0 amide bonds. The van der Waals surface area contributed by atoms with Gasteiger partial charge in [0.05, 0.1) is 22.8 Å². The Morgan fingerprint density at radius 1 is 1.26 bits per heavy atom. The number of nitrogens with zero attached hydrogens (tertiary/aromatic N) is 1. The van der Waals surface area contributed by atoms with E-state index in [1.54, 1.807) is 20.8 Å². The second-order valence-corrected chi connectivity index (χ2v) is 6.71. The molecule has 0 spiro atoms. The van der Waals surface area contributed by atoms with Crippen molar-refractivity contribution in [1.82, 2.24) is 4.98 Å². The Labute approximate surface area is 158 Å². The van der Waals surface area contributed by atoms with E-state index in [4.69, 9.17) is 9.47 Å². The van der Waals surface area contributed by atoms with Gasteiger partial charge in [-0.2, -0.15) is 0 Å². The SMILES string of the molecule is CCOC(=O)c1c(C)[nH]c(C(=O)[C@H](C)OC(=O)c2ccc([N+](=O)[O-])s2)c1C. The number of carbonyl (C=O) groups is 3. The summed E-state index contributed by atoms with van der Waals surface area (Å²) in [4.78, 5) is 49.7. The number of nitrogens with one attached hydrogen (secondary N) is 1. The number of ketones is 1. The highest BCUT2D eigenvalue weighted by atomic mass is 32.1. The van der Waals surface area contributed by atoms with E-state index >= 15 is 0 Å². The number of aryl methyl sites for hydroxylation is 1. The molecule has 27 heavy (non-hydrogen) atoms. The molecule has 144 valence electrons. The van der Waals surface area contributed by atoms with Gasteiger partial charge in [0.15, 0.2) is 6.10 Å². The summed E-state index contributed by atoms with van der Waals surface area (Å²) in [5.74, 6) is -1.90. The van der Waals surface area contributed by atoms with Crippen LogP contribution in [-0.4, -0.2) is 40.3 Å². The van der Waals surface area contributed by atoms with E-state index in [0.717, 1.165) is 0 Å². The van der Waals surface area contributed by atoms with Crippen LogP contribution in [-0.2, 0) is 9.47 Å². The summed E-state index contributed by atoms with van der Waals surface area (Å²) in [5.41, 5.74) is 1.30. The third-order valence-electron chi connectivity index (χ3n) is 3.79. The number of aromatic nitrogens is 1. The van der Waals surface area contributed by atoms with E-state index in [1.165, 1.54) is 19.1 Å². The van der Waals surface area contributed by atoms with Crippen LogP contribution in [0.4, 0.5) is 5.00 Å². The van der Waals surface area contributed by atoms with Crippen molar-refractivity contribution in [3.63, 3.8) is 0 Å². The molecule has 2 aromatic rings. The molecule has 0 aliphatic rings. The van der Waals surface area contributed by atoms with Crippen molar-refractivity contribution in [3.05, 3.63) is 49.6 Å². The number of thiophene rings is 1. The lowest BCUT2D eigenvalue weighted by atomic mass is 10.1. The lowest BCUT2D eigenvalue weighted by Crippen LogP contribution is -2.25. The predicted octanol–water partition coefficient (Wildman–Crippen LogP) is 3.21. The summed E-state index contributed by atoms with van der Waals surface area (Å²) < 4.78 is 10.1. The quantitative estimate of drug-likeness (QED) is 0.330. The van der Waals surface area contributed by atoms with E-state index in [0.29, 0.717) is 22.6 Å². The van der Waals surface area contributed by atoms with Gasteiger partial charge in [-0.05, 0) is 39.3 Å². The first kappa shape index (κ1) is 20.3. The summed E-state index contributed by atoms with van der Waals surface area (Å²) in [6.07, 6.45) is -1.15. The molecule has 1 atom stereocenters. The minimum atomic E-state index is -1.15. The molecule has 1 N–H and O–H groups in total. The molecular formula is C17H18N2O7S. The van der Waals surface area contributed by atoms with Crippen molar-refractivity contribution >= 4 is 34.1 Å². The van der Waals surface area contributed by atoms with Gasteiger partial charge in [-0.15, -0.1) is 0 Å². The fourth-order valence-electron chi connectivity index (χ4n) is 2.52. The van der Waals surface area contributed by atoms with Gasteiger partial charge in [0, 0.05) is 11.8 Å². The zero-order valence-electron chi connectivity index (χ0n) is 15.2. The van der Waals surface area contributed by atoms with E-state index in [9.17, 15) is 24.5 Å². The van der Waals surface area contributed by atoms with Crippen LogP contribution in [0, 0.1) is 24.0 Å². The highest BCUT2D eigenvalue weighted by Crippen LogP contribution is 2.25. The summed E-state index contributed by atoms with van der Waals surface area (Å²) in [7, 11) is 0. The number of carbonyl (C=O) groups excluding carboxylic acids is 3. The summed E-state index contributed by atoms with van der Waals surface area (Å²) >= 11 is 0.664. The molecule has 2 heterocycles. The van der Waals surface area contributed by atoms with Gasteiger partial charge in [-0.25, -0.2) is 9.59 Å². The Balaban J connectivity index is 2.17. The van der Waals surface area contributed by atoms with Crippen LogP contribution in [0.5, 0.6) is 0 Å². The Bertz CT molecular complexity index is 913. The third-order valence-corrected chi connectivity index (χ3v) is 4.81. The number of H-pyrrole nitrogens is 1. The second kappa shape index (κ2) is 8.12. The Kier molecular flexibility index (Phi) is 6.11. The van der Waals surface area contributed by atoms with Crippen molar-refractivity contribution < 1.29 is 28.8 Å². The smallest absolute Gasteiger partial charge is 0.349 e. The van der Waals surface area contributed by atoms with E-state index in [1.807, 2.05) is 0 Å². The molecule has 0 saturated carbocycles. The van der Waals surface area contributed by atoms with Gasteiger partial charge in [0.1, 0.15) is 4.88 Å². The van der Waals surface area contributed by atoms with Crippen LogP contribution >= 0.6 is 11.3 Å². The third kappa shape index (κ3) is 4.22. The zero-order chi connectivity index (χ0) is 20.3. The monoisotopic (exact) mass is 394 g/mol. The summed E-state index contributed by atoms with van der Waals surface area (Å²) in [5, 5.41) is 10.5. The molecule has 10 heteroatoms. The highest BCUT2D eigenvalue weighted by molar-refractivity contribution is 7.17. The maximum atomic E-state index is 12.6. The molecule has 0 bridgehead atoms. The fraction of sp³-hybridized carbons (Fsp3) is 0.353. The normalized spacial score (nSPS) is 11.7. The molecule has 0 aromatic carbocycles. The van der Waals surface area contributed by atoms with Crippen LogP contribution < -0.4 is 0 Å². The maximum Gasteiger partial charge on any atom is 0.349 e. The molecule has 2 rings (SSSR count). The second-order valence-electron chi connectivity index (χ2n) is 5.65. The van der Waals surface area contributed by atoms with Gasteiger partial charge in [-0.3, -0.25) is 14.9 Å². The van der Waals surface area contributed by atoms with Gasteiger partial charge in [-0.1, -0.05) is 11.3 Å². The minimum absolute atomic E-state index is 0.0213. The van der Waals surface area contributed by atoms with E-state index < -0.39 is 28.7 Å². The largest absolute Gasteiger partial charge is 0.462 e. The van der Waals surface area contributed by atoms with Gasteiger partial charge >= 0.3 is 16.9 Å². The minimum Gasteiger partial charge on any atom is -0.462 e. The molecule has 0 radical (unpaired) electrons. The van der Waals surface area contributed by atoms with Gasteiger partial charge in [0.25, 0.3) is 0 Å². The Morgan fingerprint density at radius 2 is 1.93 bits per heavy atom. The number of aromatic amines is 1. The maximum absolute atomic E-state index is 12.6. The van der Waals surface area contributed by atoms with Crippen molar-refractivity contribution in [2.75, 3.05) is 6.61 Å². The predicted molar refractivity (Wildman–Crippen MR) is 96.4 cm³/mol. The number of Topliss-reactive ketones (excluding diaryl/α,β-unsaturated/α-hetero) is 1. The van der Waals surface area contributed by atoms with Crippen LogP contribution in [0.15, 0.2) is 12.1 Å². The van der Waals surface area contributed by atoms with Crippen LogP contribution in [0.2, 0.25) is 0 Å². The Hall–Kier alpha value is -3.01. The first-order valence-corrected chi connectivity index (χ1v) is 8.84. The fourth-order valence-corrected chi connectivity index (χ4v) is 3.22. The number of esters is 2. The lowest BCUT2D eigenvalue weighted by molar-refractivity contribution is -0.380. The Morgan fingerprint density at radius 3 is 2.48 bits per heavy atom. The topological polar surface area (TPSA) is 129 Å². The summed E-state index contributed by atoms with van der Waals surface area (Å²) in [6, 6.07) is 2.46. The number of hydrogen-bond donors (Lipinski definition) is 1. The van der Waals surface area contributed by atoms with Crippen molar-refractivity contribution in [3.8, 4) is 0 Å². The number of hydrogen-bond acceptors (Lipinski definition) is 8. The number of ether oxygens (including phenoxy) is 2. The molecule has 0 saturated heterocycles. The first-order valence-electron chi connectivity index (χ1n) is 8.03. The van der Waals surface area contributed by atoms with Gasteiger partial charge < -0.3 is 14.5 Å². The molecule has 0 aliphatic carbocycles. The molecule has 0 unspecified atom stereocenters. The molecular weight excluding hydrogens is 376 g/mol. The standard InChI is InChI=1S/C17H18N2O7S/c1-5-25-17(22)13-8(2)14(18-9(13)3)15(20)10(4)26-16(21)11-6-7-12(27-11)19(23)24/h6-7,10,18H,5H2,1-4H3/t10-/m0/s1. The number of nitro groups is 1. The van der Waals surface area contributed by atoms with Crippen LogP contribution in [0.3, 0.4) is 0 Å². The lowest BCUT2D eigenvalue weighted by Gasteiger charge is -2.11. The van der Waals surface area contributed by atoms with E-state index in [-0.39, 0.29) is 27.7 Å². The number of rotatable bonds is 7. The molecule has 0 fully saturated rings. The molecule has 0 aliphatic heterocycles. The van der Waals surface area contributed by atoms with Crippen molar-refractivity contribution in [2.45, 2.75) is 33.8 Å². The van der Waals surface area contributed by atoms with Crippen molar-refractivity contribution in [2.24, 2.45) is 0 Å².